The van der Waals surface area contributed by atoms with Gasteiger partial charge in [-0.2, -0.15) is 0 Å². The molecule has 2 N–H and O–H groups in total. The third kappa shape index (κ3) is 1.14. The molecule has 0 bridgehead atoms. The van der Waals surface area contributed by atoms with Gasteiger partial charge < -0.3 is 10.1 Å². The molecule has 2 aromatic rings. The summed E-state index contributed by atoms with van der Waals surface area (Å²) in [5, 5.41) is 8.85. The van der Waals surface area contributed by atoms with Gasteiger partial charge in [-0.1, -0.05) is 0 Å². The van der Waals surface area contributed by atoms with Gasteiger partial charge in [-0.05, 0) is 6.07 Å². The van der Waals surface area contributed by atoms with Gasteiger partial charge in [-0.15, -0.1) is 0 Å². The monoisotopic (exact) mass is 180 g/mol. The zero-order chi connectivity index (χ0) is 9.42. The quantitative estimate of drug-likeness (QED) is 0.697. The van der Waals surface area contributed by atoms with Crippen LogP contribution in [0.2, 0.25) is 0 Å². The highest BCUT2D eigenvalue weighted by molar-refractivity contribution is 5.93. The van der Waals surface area contributed by atoms with Gasteiger partial charge in [0.05, 0.1) is 17.9 Å². The number of aromatic nitrogens is 2. The molecule has 4 nitrogen and oxygen atoms in total. The lowest BCUT2D eigenvalue weighted by Gasteiger charge is -1.87. The fourth-order valence-electron chi connectivity index (χ4n) is 1.13. The van der Waals surface area contributed by atoms with Crippen LogP contribution in [0.3, 0.4) is 0 Å². The normalized spacial score (nSPS) is 10.5. The third-order valence-corrected chi connectivity index (χ3v) is 1.73. The Morgan fingerprint density at radius 2 is 2.31 bits per heavy atom. The predicted molar refractivity (Wildman–Crippen MR) is 43.0 cm³/mol. The summed E-state index contributed by atoms with van der Waals surface area (Å²) in [4.78, 5) is 16.6. The molecule has 2 heterocycles. The second-order valence-corrected chi connectivity index (χ2v) is 2.57. The van der Waals surface area contributed by atoms with E-state index in [1.165, 1.54) is 12.3 Å². The predicted octanol–water partition coefficient (Wildman–Crippen LogP) is 1.40. The van der Waals surface area contributed by atoms with Crippen molar-refractivity contribution in [3.8, 4) is 0 Å². The first-order valence-corrected chi connectivity index (χ1v) is 3.54. The second kappa shape index (κ2) is 2.55. The maximum Gasteiger partial charge on any atom is 0.352 e. The van der Waals surface area contributed by atoms with E-state index in [1.807, 2.05) is 0 Å². The summed E-state index contributed by atoms with van der Waals surface area (Å²) < 4.78 is 13.0. The molecular weight excluding hydrogens is 175 g/mol. The van der Waals surface area contributed by atoms with Crippen LogP contribution < -0.4 is 0 Å². The first-order chi connectivity index (χ1) is 6.18. The number of carbonyl (C=O) groups is 1. The van der Waals surface area contributed by atoms with E-state index in [4.69, 9.17) is 5.11 Å². The lowest BCUT2D eigenvalue weighted by Crippen LogP contribution is -1.94. The number of aromatic carboxylic acids is 1. The summed E-state index contributed by atoms with van der Waals surface area (Å²) in [6.45, 7) is 0. The average Bonchev–Trinajstić information content (AvgIpc) is 2.49. The summed E-state index contributed by atoms with van der Waals surface area (Å²) in [7, 11) is 0. The Kier molecular flexibility index (Phi) is 1.51. The minimum atomic E-state index is -1.12. The number of rotatable bonds is 1. The maximum absolute atomic E-state index is 13.0. The highest BCUT2D eigenvalue weighted by atomic mass is 19.1. The number of nitrogens with zero attached hydrogens (tertiary/aromatic N) is 1. The lowest BCUT2D eigenvalue weighted by atomic mass is 10.3. The highest BCUT2D eigenvalue weighted by Crippen LogP contribution is 2.16. The number of halogens is 1. The van der Waals surface area contributed by atoms with Crippen molar-refractivity contribution in [2.45, 2.75) is 0 Å². The SMILES string of the molecule is O=C(O)c1cc2c(F)cncc2[nH]1. The average molecular weight is 180 g/mol. The van der Waals surface area contributed by atoms with E-state index in [9.17, 15) is 9.18 Å². The van der Waals surface area contributed by atoms with Crippen LogP contribution in [0.15, 0.2) is 18.5 Å². The van der Waals surface area contributed by atoms with Crippen molar-refractivity contribution in [1.29, 1.82) is 0 Å². The molecule has 0 atom stereocenters. The third-order valence-electron chi connectivity index (χ3n) is 1.73. The standard InChI is InChI=1S/C8H5FN2O2/c9-5-2-10-3-7-4(5)1-6(11-7)8(12)13/h1-3,11H,(H,12,13). The van der Waals surface area contributed by atoms with Crippen molar-refractivity contribution in [2.75, 3.05) is 0 Å². The van der Waals surface area contributed by atoms with Crippen LogP contribution in [-0.2, 0) is 0 Å². The molecule has 66 valence electrons. The second-order valence-electron chi connectivity index (χ2n) is 2.57. The fourth-order valence-corrected chi connectivity index (χ4v) is 1.13. The first kappa shape index (κ1) is 7.72. The molecule has 0 aliphatic heterocycles. The topological polar surface area (TPSA) is 66.0 Å². The van der Waals surface area contributed by atoms with Gasteiger partial charge in [-0.3, -0.25) is 4.98 Å². The summed E-state index contributed by atoms with van der Waals surface area (Å²) in [5.41, 5.74) is 0.347. The maximum atomic E-state index is 13.0. The summed E-state index contributed by atoms with van der Waals surface area (Å²) in [6, 6.07) is 1.24. The van der Waals surface area contributed by atoms with Crippen LogP contribution in [0.1, 0.15) is 10.5 Å². The van der Waals surface area contributed by atoms with E-state index in [-0.39, 0.29) is 11.1 Å². The Morgan fingerprint density at radius 1 is 1.54 bits per heavy atom. The van der Waals surface area contributed by atoms with E-state index in [1.54, 1.807) is 0 Å². The van der Waals surface area contributed by atoms with Crippen molar-refractivity contribution in [2.24, 2.45) is 0 Å². The molecule has 2 aromatic heterocycles. The lowest BCUT2D eigenvalue weighted by molar-refractivity contribution is 0.0691. The number of H-pyrrole nitrogens is 1. The van der Waals surface area contributed by atoms with Crippen molar-refractivity contribution < 1.29 is 14.3 Å². The van der Waals surface area contributed by atoms with Crippen molar-refractivity contribution >= 4 is 16.9 Å². The Bertz CT molecular complexity index is 478. The number of carboxylic acids is 1. The van der Waals surface area contributed by atoms with E-state index in [2.05, 4.69) is 9.97 Å². The summed E-state index contributed by atoms with van der Waals surface area (Å²) in [6.07, 6.45) is 2.42. The number of carboxylic acid groups (broad SMARTS) is 1. The fraction of sp³-hybridized carbons (Fsp3) is 0. The van der Waals surface area contributed by atoms with Crippen molar-refractivity contribution in [3.63, 3.8) is 0 Å². The van der Waals surface area contributed by atoms with Crippen LogP contribution in [0.25, 0.3) is 10.9 Å². The minimum absolute atomic E-state index is 0.0399. The molecule has 0 spiro atoms. The van der Waals surface area contributed by atoms with Gasteiger partial charge in [0.15, 0.2) is 5.82 Å². The molecule has 2 rings (SSSR count). The van der Waals surface area contributed by atoms with Crippen LogP contribution in [-0.4, -0.2) is 21.0 Å². The van der Waals surface area contributed by atoms with Gasteiger partial charge in [0.2, 0.25) is 0 Å². The molecular formula is C8H5FN2O2. The van der Waals surface area contributed by atoms with Gasteiger partial charge in [0.25, 0.3) is 0 Å². The molecule has 0 aliphatic rings. The van der Waals surface area contributed by atoms with Gasteiger partial charge in [0.1, 0.15) is 5.69 Å². The number of nitrogens with one attached hydrogen (secondary N) is 1. The van der Waals surface area contributed by atoms with E-state index in [0.29, 0.717) is 5.52 Å². The van der Waals surface area contributed by atoms with Gasteiger partial charge >= 0.3 is 5.97 Å². The molecule has 5 heteroatoms. The highest BCUT2D eigenvalue weighted by Gasteiger charge is 2.09. The number of fused-ring (bicyclic) bond motifs is 1. The van der Waals surface area contributed by atoms with Crippen LogP contribution in [0.4, 0.5) is 4.39 Å². The first-order valence-electron chi connectivity index (χ1n) is 3.54. The van der Waals surface area contributed by atoms with E-state index in [0.717, 1.165) is 6.20 Å². The van der Waals surface area contributed by atoms with E-state index >= 15 is 0 Å². The minimum Gasteiger partial charge on any atom is -0.477 e. The number of aromatic amines is 1. The summed E-state index contributed by atoms with van der Waals surface area (Å²) in [5.74, 6) is -1.64. The number of hydrogen-bond acceptors (Lipinski definition) is 2. The van der Waals surface area contributed by atoms with Crippen molar-refractivity contribution in [3.05, 3.63) is 30.0 Å². The molecule has 0 fully saturated rings. The number of hydrogen-bond donors (Lipinski definition) is 2. The number of pyridine rings is 1. The molecule has 0 aliphatic carbocycles. The van der Waals surface area contributed by atoms with Crippen LogP contribution in [0.5, 0.6) is 0 Å². The molecule has 0 aromatic carbocycles. The summed E-state index contributed by atoms with van der Waals surface area (Å²) >= 11 is 0. The van der Waals surface area contributed by atoms with Crippen LogP contribution >= 0.6 is 0 Å². The largest absolute Gasteiger partial charge is 0.477 e. The zero-order valence-electron chi connectivity index (χ0n) is 6.41. The Labute approximate surface area is 72.0 Å². The molecule has 0 saturated carbocycles. The van der Waals surface area contributed by atoms with Crippen molar-refractivity contribution in [1.82, 2.24) is 9.97 Å². The Morgan fingerprint density at radius 3 is 2.92 bits per heavy atom. The smallest absolute Gasteiger partial charge is 0.352 e. The zero-order valence-corrected chi connectivity index (χ0v) is 6.41. The van der Waals surface area contributed by atoms with Gasteiger partial charge in [0, 0.05) is 5.39 Å². The Hall–Kier alpha value is -1.91. The van der Waals surface area contributed by atoms with E-state index < -0.39 is 11.8 Å². The molecule has 0 radical (unpaired) electrons. The molecule has 13 heavy (non-hydrogen) atoms. The molecule has 0 amide bonds. The van der Waals surface area contributed by atoms with Gasteiger partial charge in [-0.25, -0.2) is 9.18 Å². The Balaban J connectivity index is 2.75. The molecule has 0 saturated heterocycles. The van der Waals surface area contributed by atoms with Crippen LogP contribution in [0, 0.1) is 5.82 Å². The molecule has 0 unspecified atom stereocenters.